The van der Waals surface area contributed by atoms with Crippen LogP contribution in [0.15, 0.2) is 0 Å². The van der Waals surface area contributed by atoms with Gasteiger partial charge in [0.15, 0.2) is 5.78 Å². The Bertz CT molecular complexity index is 298. The predicted octanol–water partition coefficient (Wildman–Crippen LogP) is 3.08. The van der Waals surface area contributed by atoms with Gasteiger partial charge in [0.05, 0.1) is 6.04 Å². The molecular formula is C15H27NO2. The van der Waals surface area contributed by atoms with Crippen molar-refractivity contribution in [2.75, 3.05) is 0 Å². The lowest BCUT2D eigenvalue weighted by Crippen LogP contribution is -2.46. The Morgan fingerprint density at radius 1 is 1.17 bits per heavy atom. The van der Waals surface area contributed by atoms with Gasteiger partial charge >= 0.3 is 0 Å². The lowest BCUT2D eigenvalue weighted by molar-refractivity contribution is -0.129. The summed E-state index contributed by atoms with van der Waals surface area (Å²) in [7, 11) is 0. The van der Waals surface area contributed by atoms with Gasteiger partial charge < -0.3 is 5.32 Å². The maximum absolute atomic E-state index is 12.0. The molecule has 18 heavy (non-hydrogen) atoms. The zero-order chi connectivity index (χ0) is 13.8. The van der Waals surface area contributed by atoms with Crippen LogP contribution >= 0.6 is 0 Å². The second-order valence-corrected chi connectivity index (χ2v) is 6.79. The van der Waals surface area contributed by atoms with E-state index in [1.807, 2.05) is 20.8 Å². The van der Waals surface area contributed by atoms with E-state index in [2.05, 4.69) is 5.32 Å². The van der Waals surface area contributed by atoms with Crippen LogP contribution in [0.4, 0.5) is 0 Å². The molecule has 1 N–H and O–H groups in total. The first-order valence-electron chi connectivity index (χ1n) is 7.09. The van der Waals surface area contributed by atoms with Gasteiger partial charge in [0.1, 0.15) is 0 Å². The van der Waals surface area contributed by atoms with E-state index in [-0.39, 0.29) is 23.1 Å². The summed E-state index contributed by atoms with van der Waals surface area (Å²) >= 11 is 0. The minimum Gasteiger partial charge on any atom is -0.346 e. The van der Waals surface area contributed by atoms with Crippen LogP contribution in [-0.2, 0) is 9.59 Å². The number of hydrogen-bond donors (Lipinski definition) is 1. The SMILES string of the molecule is CC(=O)[C@H](NC(=O)CC(C)(C)C)C1CCCCC1. The molecule has 0 aromatic rings. The number of rotatable bonds is 4. The van der Waals surface area contributed by atoms with Crippen molar-refractivity contribution in [2.24, 2.45) is 11.3 Å². The van der Waals surface area contributed by atoms with Gasteiger partial charge in [-0.2, -0.15) is 0 Å². The molecule has 1 atom stereocenters. The van der Waals surface area contributed by atoms with Crippen molar-refractivity contribution in [3.05, 3.63) is 0 Å². The average molecular weight is 253 g/mol. The fourth-order valence-electron chi connectivity index (χ4n) is 2.73. The highest BCUT2D eigenvalue weighted by atomic mass is 16.2. The van der Waals surface area contributed by atoms with Crippen LogP contribution in [0.2, 0.25) is 0 Å². The predicted molar refractivity (Wildman–Crippen MR) is 73.3 cm³/mol. The third-order valence-corrected chi connectivity index (χ3v) is 3.57. The Labute approximate surface area is 111 Å². The third kappa shape index (κ3) is 5.19. The molecule has 0 spiro atoms. The van der Waals surface area contributed by atoms with Gasteiger partial charge in [-0.15, -0.1) is 0 Å². The van der Waals surface area contributed by atoms with Crippen molar-refractivity contribution < 1.29 is 9.59 Å². The summed E-state index contributed by atoms with van der Waals surface area (Å²) in [5.74, 6) is 0.456. The van der Waals surface area contributed by atoms with Gasteiger partial charge in [0.2, 0.25) is 5.91 Å². The second kappa shape index (κ2) is 6.35. The van der Waals surface area contributed by atoms with E-state index in [1.165, 1.54) is 19.3 Å². The number of Topliss-reactive ketones (excluding diaryl/α,β-unsaturated/α-hetero) is 1. The van der Waals surface area contributed by atoms with E-state index in [9.17, 15) is 9.59 Å². The van der Waals surface area contributed by atoms with Crippen LogP contribution in [0.25, 0.3) is 0 Å². The molecule has 1 rings (SSSR count). The van der Waals surface area contributed by atoms with Gasteiger partial charge in [-0.1, -0.05) is 40.0 Å². The summed E-state index contributed by atoms with van der Waals surface area (Å²) in [5, 5.41) is 2.95. The average Bonchev–Trinajstić information content (AvgIpc) is 2.24. The van der Waals surface area contributed by atoms with Gasteiger partial charge in [-0.25, -0.2) is 0 Å². The molecule has 0 heterocycles. The van der Waals surface area contributed by atoms with Crippen LogP contribution in [0.3, 0.4) is 0 Å². The molecule has 3 nitrogen and oxygen atoms in total. The van der Waals surface area contributed by atoms with Crippen LogP contribution in [-0.4, -0.2) is 17.7 Å². The molecule has 1 amide bonds. The highest BCUT2D eigenvalue weighted by Crippen LogP contribution is 2.27. The largest absolute Gasteiger partial charge is 0.346 e. The summed E-state index contributed by atoms with van der Waals surface area (Å²) in [4.78, 5) is 23.7. The number of amides is 1. The summed E-state index contributed by atoms with van der Waals surface area (Å²) < 4.78 is 0. The Morgan fingerprint density at radius 3 is 2.17 bits per heavy atom. The molecule has 1 aliphatic carbocycles. The summed E-state index contributed by atoms with van der Waals surface area (Å²) in [6, 6.07) is -0.264. The molecule has 3 heteroatoms. The minimum absolute atomic E-state index is 0.00766. The van der Waals surface area contributed by atoms with Crippen molar-refractivity contribution in [3.63, 3.8) is 0 Å². The third-order valence-electron chi connectivity index (χ3n) is 3.57. The number of carbonyl (C=O) groups excluding carboxylic acids is 2. The normalized spacial score (nSPS) is 19.3. The van der Waals surface area contributed by atoms with Crippen molar-refractivity contribution in [1.82, 2.24) is 5.32 Å². The lowest BCUT2D eigenvalue weighted by Gasteiger charge is -2.30. The lowest BCUT2D eigenvalue weighted by atomic mass is 9.82. The van der Waals surface area contributed by atoms with Crippen LogP contribution in [0.1, 0.15) is 66.2 Å². The number of ketones is 1. The maximum Gasteiger partial charge on any atom is 0.221 e. The molecule has 1 aliphatic rings. The van der Waals surface area contributed by atoms with Crippen molar-refractivity contribution in [3.8, 4) is 0 Å². The monoisotopic (exact) mass is 253 g/mol. The Morgan fingerprint density at radius 2 is 1.72 bits per heavy atom. The molecule has 0 aliphatic heterocycles. The van der Waals surface area contributed by atoms with E-state index < -0.39 is 0 Å². The van der Waals surface area contributed by atoms with Crippen LogP contribution in [0.5, 0.6) is 0 Å². The molecule has 104 valence electrons. The first-order valence-corrected chi connectivity index (χ1v) is 7.09. The fourth-order valence-corrected chi connectivity index (χ4v) is 2.73. The number of hydrogen-bond acceptors (Lipinski definition) is 2. The first-order chi connectivity index (χ1) is 8.29. The number of carbonyl (C=O) groups is 2. The van der Waals surface area contributed by atoms with Crippen molar-refractivity contribution >= 4 is 11.7 Å². The first kappa shape index (κ1) is 15.2. The van der Waals surface area contributed by atoms with Gasteiger partial charge in [-0.05, 0) is 31.1 Å². The van der Waals surface area contributed by atoms with Crippen LogP contribution < -0.4 is 5.32 Å². The van der Waals surface area contributed by atoms with Crippen LogP contribution in [0, 0.1) is 11.3 Å². The molecule has 0 aromatic carbocycles. The number of nitrogens with one attached hydrogen (secondary N) is 1. The summed E-state index contributed by atoms with van der Waals surface area (Å²) in [6.07, 6.45) is 6.24. The Kier molecular flexibility index (Phi) is 5.36. The molecular weight excluding hydrogens is 226 g/mol. The Balaban J connectivity index is 2.57. The van der Waals surface area contributed by atoms with E-state index in [1.54, 1.807) is 6.92 Å². The zero-order valence-electron chi connectivity index (χ0n) is 12.2. The summed E-state index contributed by atoms with van der Waals surface area (Å²) in [5.41, 5.74) is -0.0298. The van der Waals surface area contributed by atoms with Gasteiger partial charge in [0, 0.05) is 6.42 Å². The summed E-state index contributed by atoms with van der Waals surface area (Å²) in [6.45, 7) is 7.71. The van der Waals surface area contributed by atoms with Gasteiger partial charge in [-0.3, -0.25) is 9.59 Å². The minimum atomic E-state index is -0.264. The molecule has 1 saturated carbocycles. The molecule has 0 saturated heterocycles. The Hall–Kier alpha value is -0.860. The highest BCUT2D eigenvalue weighted by Gasteiger charge is 2.29. The van der Waals surface area contributed by atoms with E-state index in [0.717, 1.165) is 12.8 Å². The zero-order valence-corrected chi connectivity index (χ0v) is 12.2. The van der Waals surface area contributed by atoms with Crippen molar-refractivity contribution in [1.29, 1.82) is 0 Å². The fraction of sp³-hybridized carbons (Fsp3) is 0.867. The molecule has 0 bridgehead atoms. The maximum atomic E-state index is 12.0. The van der Waals surface area contributed by atoms with E-state index in [0.29, 0.717) is 12.3 Å². The molecule has 0 aromatic heterocycles. The highest BCUT2D eigenvalue weighted by molar-refractivity contribution is 5.87. The quantitative estimate of drug-likeness (QED) is 0.837. The second-order valence-electron chi connectivity index (χ2n) is 6.79. The van der Waals surface area contributed by atoms with Crippen molar-refractivity contribution in [2.45, 2.75) is 72.3 Å². The standard InChI is InChI=1S/C15H27NO2/c1-11(17)14(12-8-6-5-7-9-12)16-13(18)10-15(2,3)4/h12,14H,5-10H2,1-4H3,(H,16,18)/t14-/m0/s1. The smallest absolute Gasteiger partial charge is 0.221 e. The van der Waals surface area contributed by atoms with E-state index >= 15 is 0 Å². The molecule has 1 fully saturated rings. The molecule has 0 unspecified atom stereocenters. The molecule has 0 radical (unpaired) electrons. The topological polar surface area (TPSA) is 46.2 Å². The van der Waals surface area contributed by atoms with Gasteiger partial charge in [0.25, 0.3) is 0 Å². The van der Waals surface area contributed by atoms with E-state index in [4.69, 9.17) is 0 Å².